The van der Waals surface area contributed by atoms with Crippen LogP contribution in [0, 0.1) is 20.8 Å². The lowest BCUT2D eigenvalue weighted by Crippen LogP contribution is -2.26. The lowest BCUT2D eigenvalue weighted by Gasteiger charge is -2.10. The summed E-state index contributed by atoms with van der Waals surface area (Å²) in [5.41, 5.74) is 4.39. The zero-order valence-electron chi connectivity index (χ0n) is 13.0. The van der Waals surface area contributed by atoms with Gasteiger partial charge in [-0.3, -0.25) is 0 Å². The molecule has 0 unspecified atom stereocenters. The molecule has 118 valence electrons. The van der Waals surface area contributed by atoms with E-state index in [9.17, 15) is 8.42 Å². The van der Waals surface area contributed by atoms with Gasteiger partial charge >= 0.3 is 0 Å². The molecule has 22 heavy (non-hydrogen) atoms. The molecule has 0 saturated heterocycles. The predicted molar refractivity (Wildman–Crippen MR) is 91.0 cm³/mol. The quantitative estimate of drug-likeness (QED) is 0.902. The lowest BCUT2D eigenvalue weighted by molar-refractivity contribution is 0.581. The van der Waals surface area contributed by atoms with Gasteiger partial charge < -0.3 is 0 Å². The Balaban J connectivity index is 2.05. The molecule has 0 radical (unpaired) electrons. The summed E-state index contributed by atoms with van der Waals surface area (Å²) in [6.07, 6.45) is 0.658. The third-order valence-corrected chi connectivity index (χ3v) is 5.50. The van der Waals surface area contributed by atoms with Crippen LogP contribution in [0.1, 0.15) is 22.3 Å². The minimum Gasteiger partial charge on any atom is -0.211 e. The fourth-order valence-electron chi connectivity index (χ4n) is 2.27. The summed E-state index contributed by atoms with van der Waals surface area (Å²) in [5.74, 6) is 0. The largest absolute Gasteiger partial charge is 0.240 e. The first-order chi connectivity index (χ1) is 10.3. The highest BCUT2D eigenvalue weighted by Crippen LogP contribution is 2.20. The van der Waals surface area contributed by atoms with Crippen LogP contribution in [0.15, 0.2) is 41.3 Å². The van der Waals surface area contributed by atoms with Crippen molar-refractivity contribution in [1.82, 2.24) is 4.72 Å². The molecule has 0 aliphatic rings. The molecular formula is C17H20ClNO2S. The maximum Gasteiger partial charge on any atom is 0.240 e. The molecule has 0 atom stereocenters. The topological polar surface area (TPSA) is 46.2 Å². The molecule has 0 saturated carbocycles. The molecule has 0 spiro atoms. The first-order valence-electron chi connectivity index (χ1n) is 7.11. The van der Waals surface area contributed by atoms with Crippen molar-refractivity contribution >= 4 is 21.6 Å². The molecule has 0 bridgehead atoms. The average Bonchev–Trinajstić information content (AvgIpc) is 2.44. The molecule has 3 nitrogen and oxygen atoms in total. The molecule has 5 heteroatoms. The van der Waals surface area contributed by atoms with Crippen molar-refractivity contribution in [1.29, 1.82) is 0 Å². The molecule has 1 N–H and O–H groups in total. The Morgan fingerprint density at radius 3 is 2.36 bits per heavy atom. The Labute approximate surface area is 137 Å². The molecule has 0 aliphatic carbocycles. The van der Waals surface area contributed by atoms with Crippen LogP contribution < -0.4 is 4.72 Å². The van der Waals surface area contributed by atoms with Crippen molar-refractivity contribution in [3.63, 3.8) is 0 Å². The predicted octanol–water partition coefficient (Wildman–Crippen LogP) is 3.79. The molecule has 0 aliphatic heterocycles. The van der Waals surface area contributed by atoms with E-state index in [-0.39, 0.29) is 4.90 Å². The van der Waals surface area contributed by atoms with Crippen molar-refractivity contribution < 1.29 is 8.42 Å². The molecule has 2 rings (SSSR count). The summed E-state index contributed by atoms with van der Waals surface area (Å²) in [5, 5.41) is 0.456. The van der Waals surface area contributed by atoms with Crippen LogP contribution in [0.25, 0.3) is 0 Å². The second-order valence-corrected chi connectivity index (χ2v) is 7.66. The number of aryl methyl sites for hydroxylation is 3. The Kier molecular flexibility index (Phi) is 5.27. The number of hydrogen-bond donors (Lipinski definition) is 1. The number of nitrogens with one attached hydrogen (secondary N) is 1. The van der Waals surface area contributed by atoms with Crippen molar-refractivity contribution in [3.05, 3.63) is 63.7 Å². The summed E-state index contributed by atoms with van der Waals surface area (Å²) in [7, 11) is -3.53. The van der Waals surface area contributed by atoms with Gasteiger partial charge in [-0.25, -0.2) is 13.1 Å². The second kappa shape index (κ2) is 6.82. The number of hydrogen-bond acceptors (Lipinski definition) is 2. The van der Waals surface area contributed by atoms with E-state index < -0.39 is 10.0 Å². The van der Waals surface area contributed by atoms with Gasteiger partial charge in [-0.2, -0.15) is 0 Å². The third-order valence-electron chi connectivity index (χ3n) is 3.64. The van der Waals surface area contributed by atoms with E-state index >= 15 is 0 Å². The summed E-state index contributed by atoms with van der Waals surface area (Å²) in [6.45, 7) is 6.28. The zero-order chi connectivity index (χ0) is 16.3. The SMILES string of the molecule is Cc1ccc(CCNS(=O)(=O)c2ccc(C)c(Cl)c2)c(C)c1. The van der Waals surface area contributed by atoms with E-state index in [0.717, 1.165) is 11.1 Å². The number of rotatable bonds is 5. The molecule has 0 aromatic heterocycles. The Hall–Kier alpha value is -1.36. The summed E-state index contributed by atoms with van der Waals surface area (Å²) in [4.78, 5) is 0.198. The monoisotopic (exact) mass is 337 g/mol. The van der Waals surface area contributed by atoms with Crippen LogP contribution in [-0.2, 0) is 16.4 Å². The van der Waals surface area contributed by atoms with Crippen LogP contribution in [0.4, 0.5) is 0 Å². The van der Waals surface area contributed by atoms with E-state index in [1.807, 2.05) is 32.9 Å². The minimum absolute atomic E-state index is 0.198. The zero-order valence-corrected chi connectivity index (χ0v) is 14.6. The smallest absolute Gasteiger partial charge is 0.211 e. The van der Waals surface area contributed by atoms with Crippen LogP contribution in [0.3, 0.4) is 0 Å². The summed E-state index contributed by atoms with van der Waals surface area (Å²) in [6, 6.07) is 10.9. The van der Waals surface area contributed by atoms with Gasteiger partial charge in [0.25, 0.3) is 0 Å². The third kappa shape index (κ3) is 4.09. The maximum absolute atomic E-state index is 12.3. The Bertz CT molecular complexity index is 785. The van der Waals surface area contributed by atoms with Gasteiger partial charge in [0.2, 0.25) is 10.0 Å². The van der Waals surface area contributed by atoms with Gasteiger partial charge in [0.15, 0.2) is 0 Å². The number of benzene rings is 2. The van der Waals surface area contributed by atoms with Gasteiger partial charge in [-0.05, 0) is 56.0 Å². The highest BCUT2D eigenvalue weighted by molar-refractivity contribution is 7.89. The Morgan fingerprint density at radius 2 is 1.73 bits per heavy atom. The Morgan fingerprint density at radius 1 is 1.00 bits per heavy atom. The van der Waals surface area contributed by atoms with Crippen molar-refractivity contribution in [3.8, 4) is 0 Å². The van der Waals surface area contributed by atoms with Crippen molar-refractivity contribution in [2.24, 2.45) is 0 Å². The van der Waals surface area contributed by atoms with E-state index in [1.54, 1.807) is 12.1 Å². The first kappa shape index (κ1) is 17.0. The van der Waals surface area contributed by atoms with Gasteiger partial charge in [-0.15, -0.1) is 0 Å². The van der Waals surface area contributed by atoms with Crippen molar-refractivity contribution in [2.45, 2.75) is 32.1 Å². The van der Waals surface area contributed by atoms with E-state index in [2.05, 4.69) is 10.8 Å². The van der Waals surface area contributed by atoms with Crippen LogP contribution in [0.2, 0.25) is 5.02 Å². The normalized spacial score (nSPS) is 11.6. The first-order valence-corrected chi connectivity index (χ1v) is 8.97. The second-order valence-electron chi connectivity index (χ2n) is 5.49. The van der Waals surface area contributed by atoms with Gasteiger partial charge in [0, 0.05) is 11.6 Å². The fraction of sp³-hybridized carbons (Fsp3) is 0.294. The van der Waals surface area contributed by atoms with Gasteiger partial charge in [0.05, 0.1) is 4.90 Å². The van der Waals surface area contributed by atoms with Crippen LogP contribution in [-0.4, -0.2) is 15.0 Å². The maximum atomic E-state index is 12.3. The van der Waals surface area contributed by atoms with E-state index in [1.165, 1.54) is 17.2 Å². The highest BCUT2D eigenvalue weighted by Gasteiger charge is 2.14. The fourth-order valence-corrected chi connectivity index (χ4v) is 3.57. The average molecular weight is 338 g/mol. The molecule has 0 amide bonds. The van der Waals surface area contributed by atoms with Gasteiger partial charge in [-0.1, -0.05) is 41.4 Å². The molecule has 0 fully saturated rings. The molecule has 2 aromatic rings. The number of sulfonamides is 1. The van der Waals surface area contributed by atoms with Crippen molar-refractivity contribution in [2.75, 3.05) is 6.54 Å². The number of halogens is 1. The van der Waals surface area contributed by atoms with Crippen LogP contribution >= 0.6 is 11.6 Å². The highest BCUT2D eigenvalue weighted by atomic mass is 35.5. The van der Waals surface area contributed by atoms with E-state index in [4.69, 9.17) is 11.6 Å². The lowest BCUT2D eigenvalue weighted by atomic mass is 10.0. The van der Waals surface area contributed by atoms with E-state index in [0.29, 0.717) is 18.0 Å². The van der Waals surface area contributed by atoms with Gasteiger partial charge in [0.1, 0.15) is 0 Å². The van der Waals surface area contributed by atoms with Crippen LogP contribution in [0.5, 0.6) is 0 Å². The standard InChI is InChI=1S/C17H20ClNO2S/c1-12-4-6-15(14(3)10-12)8-9-19-22(20,21)16-7-5-13(2)17(18)11-16/h4-7,10-11,19H,8-9H2,1-3H3. The summed E-state index contributed by atoms with van der Waals surface area (Å²) < 4.78 is 27.1. The molecule has 2 aromatic carbocycles. The minimum atomic E-state index is -3.53. The molecule has 0 heterocycles. The molecular weight excluding hydrogens is 318 g/mol. The summed E-state index contributed by atoms with van der Waals surface area (Å²) >= 11 is 5.99.